The van der Waals surface area contributed by atoms with E-state index in [1.165, 1.54) is 18.9 Å². The highest BCUT2D eigenvalue weighted by molar-refractivity contribution is 5.17. The van der Waals surface area contributed by atoms with Crippen LogP contribution in [-0.4, -0.2) is 23.5 Å². The lowest BCUT2D eigenvalue weighted by atomic mass is 9.95. The molecule has 3 heteroatoms. The first-order valence-electron chi connectivity index (χ1n) is 6.41. The van der Waals surface area contributed by atoms with Crippen molar-refractivity contribution in [2.45, 2.75) is 44.8 Å². The maximum Gasteiger partial charge on any atom is 0.127 e. The topological polar surface area (TPSA) is 29.3 Å². The summed E-state index contributed by atoms with van der Waals surface area (Å²) in [5.41, 5.74) is 6.59. The average molecular weight is 236 g/mol. The van der Waals surface area contributed by atoms with Gasteiger partial charge in [-0.1, -0.05) is 24.6 Å². The number of hydrogen-bond acceptors (Lipinski definition) is 2. The van der Waals surface area contributed by atoms with Gasteiger partial charge in [0, 0.05) is 30.7 Å². The number of halogens is 1. The van der Waals surface area contributed by atoms with E-state index < -0.39 is 0 Å². The number of nitrogens with zero attached hydrogens (tertiary/aromatic N) is 1. The minimum absolute atomic E-state index is 0.110. The van der Waals surface area contributed by atoms with Gasteiger partial charge in [0.25, 0.3) is 0 Å². The highest BCUT2D eigenvalue weighted by Gasteiger charge is 2.27. The van der Waals surface area contributed by atoms with E-state index in [1.54, 1.807) is 6.07 Å². The molecule has 0 bridgehead atoms. The Morgan fingerprint density at radius 1 is 1.35 bits per heavy atom. The van der Waals surface area contributed by atoms with Gasteiger partial charge < -0.3 is 5.73 Å². The molecule has 2 N–H and O–H groups in total. The van der Waals surface area contributed by atoms with Crippen molar-refractivity contribution in [3.8, 4) is 0 Å². The zero-order valence-corrected chi connectivity index (χ0v) is 10.4. The highest BCUT2D eigenvalue weighted by Crippen LogP contribution is 2.24. The van der Waals surface area contributed by atoms with Crippen LogP contribution >= 0.6 is 0 Å². The molecule has 17 heavy (non-hydrogen) atoms. The van der Waals surface area contributed by atoms with Crippen LogP contribution in [-0.2, 0) is 6.54 Å². The summed E-state index contributed by atoms with van der Waals surface area (Å²) in [6.45, 7) is 3.55. The molecule has 1 saturated heterocycles. The van der Waals surface area contributed by atoms with Crippen molar-refractivity contribution in [3.63, 3.8) is 0 Å². The van der Waals surface area contributed by atoms with Crippen LogP contribution in [0.2, 0.25) is 0 Å². The summed E-state index contributed by atoms with van der Waals surface area (Å²) in [7, 11) is 0. The molecule has 1 aliphatic rings. The van der Waals surface area contributed by atoms with Gasteiger partial charge in [-0.15, -0.1) is 0 Å². The molecular weight excluding hydrogens is 215 g/mol. The number of rotatable bonds is 3. The Balaban J connectivity index is 2.12. The lowest BCUT2D eigenvalue weighted by molar-refractivity contribution is 0.0880. The van der Waals surface area contributed by atoms with Gasteiger partial charge >= 0.3 is 0 Å². The van der Waals surface area contributed by atoms with Gasteiger partial charge in [0.1, 0.15) is 5.82 Å². The lowest BCUT2D eigenvalue weighted by Crippen LogP contribution is -2.48. The smallest absolute Gasteiger partial charge is 0.127 e. The number of hydrogen-bond donors (Lipinski definition) is 1. The van der Waals surface area contributed by atoms with E-state index in [0.717, 1.165) is 12.0 Å². The number of nitrogens with two attached hydrogens (primary N) is 1. The molecule has 2 rings (SSSR count). The van der Waals surface area contributed by atoms with Gasteiger partial charge in [-0.2, -0.15) is 0 Å². The van der Waals surface area contributed by atoms with Gasteiger partial charge in [-0.05, 0) is 25.8 Å². The van der Waals surface area contributed by atoms with E-state index in [4.69, 9.17) is 5.73 Å². The van der Waals surface area contributed by atoms with Crippen molar-refractivity contribution in [1.82, 2.24) is 4.90 Å². The minimum atomic E-state index is -0.110. The fraction of sp³-hybridized carbons (Fsp3) is 0.571. The van der Waals surface area contributed by atoms with Gasteiger partial charge in [-0.3, -0.25) is 4.90 Å². The average Bonchev–Trinajstić information content (AvgIpc) is 2.34. The lowest BCUT2D eigenvalue weighted by Gasteiger charge is -2.40. The zero-order chi connectivity index (χ0) is 12.3. The molecule has 94 valence electrons. The largest absolute Gasteiger partial charge is 0.329 e. The SMILES string of the molecule is CC1CCCC(CN)N1Cc1ccccc1F. The van der Waals surface area contributed by atoms with E-state index in [2.05, 4.69) is 11.8 Å². The maximum atomic E-state index is 13.6. The first-order valence-corrected chi connectivity index (χ1v) is 6.41. The highest BCUT2D eigenvalue weighted by atomic mass is 19.1. The van der Waals surface area contributed by atoms with E-state index in [-0.39, 0.29) is 5.82 Å². The van der Waals surface area contributed by atoms with Crippen LogP contribution in [0.15, 0.2) is 24.3 Å². The Kier molecular flexibility index (Phi) is 4.13. The molecule has 1 heterocycles. The Morgan fingerprint density at radius 2 is 2.12 bits per heavy atom. The van der Waals surface area contributed by atoms with Crippen molar-refractivity contribution < 1.29 is 4.39 Å². The number of benzene rings is 1. The molecule has 2 atom stereocenters. The second kappa shape index (κ2) is 5.61. The third kappa shape index (κ3) is 2.85. The monoisotopic (exact) mass is 236 g/mol. The van der Waals surface area contributed by atoms with Crippen LogP contribution in [0.3, 0.4) is 0 Å². The van der Waals surface area contributed by atoms with Gasteiger partial charge in [0.2, 0.25) is 0 Å². The quantitative estimate of drug-likeness (QED) is 0.873. The molecule has 2 nitrogen and oxygen atoms in total. The maximum absolute atomic E-state index is 13.6. The Hall–Kier alpha value is -0.930. The second-order valence-corrected chi connectivity index (χ2v) is 4.93. The summed E-state index contributed by atoms with van der Waals surface area (Å²) in [5, 5.41) is 0. The third-order valence-corrected chi connectivity index (χ3v) is 3.78. The molecule has 0 radical (unpaired) electrons. The van der Waals surface area contributed by atoms with E-state index in [9.17, 15) is 4.39 Å². The molecule has 1 aromatic rings. The molecule has 0 aliphatic carbocycles. The molecule has 0 saturated carbocycles. The Morgan fingerprint density at radius 3 is 2.82 bits per heavy atom. The summed E-state index contributed by atoms with van der Waals surface area (Å²) < 4.78 is 13.6. The Bertz CT molecular complexity index is 367. The normalized spacial score (nSPS) is 26.1. The molecule has 0 aromatic heterocycles. The summed E-state index contributed by atoms with van der Waals surface area (Å²) in [4.78, 5) is 2.35. The fourth-order valence-electron chi connectivity index (χ4n) is 2.70. The Labute approximate surface area is 103 Å². The summed E-state index contributed by atoms with van der Waals surface area (Å²) in [5.74, 6) is -0.110. The molecular formula is C14H21FN2. The van der Waals surface area contributed by atoms with Crippen molar-refractivity contribution in [1.29, 1.82) is 0 Å². The summed E-state index contributed by atoms with van der Waals surface area (Å²) in [6.07, 6.45) is 3.55. The molecule has 2 unspecified atom stereocenters. The van der Waals surface area contributed by atoms with Crippen molar-refractivity contribution in [2.24, 2.45) is 5.73 Å². The van der Waals surface area contributed by atoms with Gasteiger partial charge in [0.05, 0.1) is 0 Å². The second-order valence-electron chi connectivity index (χ2n) is 4.93. The van der Waals surface area contributed by atoms with Crippen LogP contribution in [0.1, 0.15) is 31.7 Å². The first-order chi connectivity index (χ1) is 8.22. The van der Waals surface area contributed by atoms with Crippen LogP contribution in [0, 0.1) is 5.82 Å². The third-order valence-electron chi connectivity index (χ3n) is 3.78. The van der Waals surface area contributed by atoms with Gasteiger partial charge in [-0.25, -0.2) is 4.39 Å². The minimum Gasteiger partial charge on any atom is -0.329 e. The van der Waals surface area contributed by atoms with Crippen molar-refractivity contribution >= 4 is 0 Å². The predicted molar refractivity (Wildman–Crippen MR) is 68.1 cm³/mol. The van der Waals surface area contributed by atoms with Gasteiger partial charge in [0.15, 0.2) is 0 Å². The van der Waals surface area contributed by atoms with E-state index in [0.29, 0.717) is 25.2 Å². The fourth-order valence-corrected chi connectivity index (χ4v) is 2.70. The zero-order valence-electron chi connectivity index (χ0n) is 10.4. The van der Waals surface area contributed by atoms with E-state index in [1.807, 2.05) is 12.1 Å². The van der Waals surface area contributed by atoms with E-state index >= 15 is 0 Å². The number of piperidine rings is 1. The molecule has 0 amide bonds. The predicted octanol–water partition coefficient (Wildman–Crippen LogP) is 2.53. The standard InChI is InChI=1S/C14H21FN2/c1-11-5-4-7-13(9-16)17(11)10-12-6-2-3-8-14(12)15/h2-3,6,8,11,13H,4-5,7,9-10,16H2,1H3. The molecule has 1 aromatic carbocycles. The summed E-state index contributed by atoms with van der Waals surface area (Å²) in [6, 6.07) is 7.92. The van der Waals surface area contributed by atoms with Crippen LogP contribution in [0.25, 0.3) is 0 Å². The van der Waals surface area contributed by atoms with Crippen LogP contribution in [0.4, 0.5) is 4.39 Å². The molecule has 1 aliphatic heterocycles. The summed E-state index contributed by atoms with van der Waals surface area (Å²) >= 11 is 0. The molecule has 1 fully saturated rings. The van der Waals surface area contributed by atoms with Crippen LogP contribution < -0.4 is 5.73 Å². The number of likely N-dealkylation sites (tertiary alicyclic amines) is 1. The molecule has 0 spiro atoms. The van der Waals surface area contributed by atoms with Crippen molar-refractivity contribution in [2.75, 3.05) is 6.54 Å². The first kappa shape index (κ1) is 12.5. The van der Waals surface area contributed by atoms with Crippen LogP contribution in [0.5, 0.6) is 0 Å². The van der Waals surface area contributed by atoms with Crippen molar-refractivity contribution in [3.05, 3.63) is 35.6 Å².